The second kappa shape index (κ2) is 17.8. The molecule has 6 atom stereocenters. The van der Waals surface area contributed by atoms with Crippen molar-refractivity contribution in [1.29, 1.82) is 0 Å². The van der Waals surface area contributed by atoms with E-state index in [1.807, 2.05) is 0 Å². The van der Waals surface area contributed by atoms with E-state index in [1.165, 1.54) is 9.80 Å². The van der Waals surface area contributed by atoms with Crippen molar-refractivity contribution >= 4 is 50.8 Å². The van der Waals surface area contributed by atoms with Crippen LogP contribution in [0.1, 0.15) is 51.4 Å². The van der Waals surface area contributed by atoms with Gasteiger partial charge in [-0.3, -0.25) is 14.2 Å². The van der Waals surface area contributed by atoms with Crippen LogP contribution in [-0.2, 0) is 44.1 Å². The Balaban J connectivity index is 1.99. The number of nitrogens with two attached hydrogens (primary N) is 1. The summed E-state index contributed by atoms with van der Waals surface area (Å²) in [7, 11) is -4.87. The van der Waals surface area contributed by atoms with Crippen LogP contribution in [0.5, 0.6) is 0 Å². The third-order valence-electron chi connectivity index (χ3n) is 6.52. The molecule has 2 fully saturated rings. The van der Waals surface area contributed by atoms with Crippen molar-refractivity contribution in [1.82, 2.24) is 9.80 Å². The lowest BCUT2D eigenvalue weighted by atomic mass is 10.1. The van der Waals surface area contributed by atoms with Crippen LogP contribution in [0.15, 0.2) is 0 Å². The number of rotatable bonds is 19. The zero-order chi connectivity index (χ0) is 29.8. The highest BCUT2D eigenvalue weighted by Crippen LogP contribution is 2.44. The van der Waals surface area contributed by atoms with Gasteiger partial charge in [0.25, 0.3) is 7.82 Å². The van der Waals surface area contributed by atoms with Gasteiger partial charge >= 0.3 is 0 Å². The Bertz CT molecular complexity index is 906. The maximum Gasteiger partial charge on any atom is 0.268 e. The Hall–Kier alpha value is -0.190. The molecule has 0 bridgehead atoms. The smallest absolute Gasteiger partial charge is 0.268 e. The van der Waals surface area contributed by atoms with E-state index in [9.17, 15) is 29.0 Å². The Morgan fingerprint density at radius 3 is 2.25 bits per heavy atom. The van der Waals surface area contributed by atoms with Gasteiger partial charge < -0.3 is 53.6 Å². The second-order valence-electron chi connectivity index (χ2n) is 9.72. The van der Waals surface area contributed by atoms with Gasteiger partial charge in [0.1, 0.15) is 6.72 Å². The lowest BCUT2D eigenvalue weighted by molar-refractivity contribution is -0.230. The highest BCUT2D eigenvalue weighted by Gasteiger charge is 2.39. The number of amides is 2. The second-order valence-corrected chi connectivity index (χ2v) is 14.3. The van der Waals surface area contributed by atoms with Gasteiger partial charge in [0, 0.05) is 25.9 Å². The van der Waals surface area contributed by atoms with Gasteiger partial charge in [-0.1, -0.05) is 18.2 Å². The largest absolute Gasteiger partial charge is 0.780 e. The van der Waals surface area contributed by atoms with Crippen molar-refractivity contribution in [3.05, 3.63) is 0 Å². The molecule has 2 rings (SSSR count). The van der Waals surface area contributed by atoms with Gasteiger partial charge in [-0.05, 0) is 44.4 Å². The summed E-state index contributed by atoms with van der Waals surface area (Å²) in [5.74, 6) is 0.0407. The normalized spacial score (nSPS) is 26.1. The molecular weight excluding hydrogens is 608 g/mol. The monoisotopic (exact) mass is 649 g/mol. The molecule has 2 aliphatic rings. The molecule has 18 heteroatoms. The van der Waals surface area contributed by atoms with E-state index in [-0.39, 0.29) is 70.4 Å². The van der Waals surface area contributed by atoms with Crippen molar-refractivity contribution in [2.45, 2.75) is 75.7 Å². The maximum absolute atomic E-state index is 12.9. The summed E-state index contributed by atoms with van der Waals surface area (Å²) >= 11 is 8.89. The van der Waals surface area contributed by atoms with E-state index in [1.54, 1.807) is 0 Å². The van der Waals surface area contributed by atoms with Gasteiger partial charge in [-0.25, -0.2) is 0 Å². The zero-order valence-corrected chi connectivity index (χ0v) is 25.9. The predicted molar refractivity (Wildman–Crippen MR) is 149 cm³/mol. The number of likely N-dealkylation sites (tertiary alicyclic amines) is 2. The minimum absolute atomic E-state index is 0.0376. The van der Waals surface area contributed by atoms with Crippen LogP contribution in [0.25, 0.3) is 0 Å². The fourth-order valence-electron chi connectivity index (χ4n) is 4.64. The summed E-state index contributed by atoms with van der Waals surface area (Å²) in [6, 6.07) is -1.32. The number of thiol groups is 1. The molecule has 2 amide bonds. The molecule has 2 saturated heterocycles. The molecule has 2 aliphatic heterocycles. The highest BCUT2D eigenvalue weighted by molar-refractivity contribution is 8.06. The number of β-amino-alcohol motifs (C(OH)–C–C–N with tert-alkyl or cyclic N) is 1. The number of carbonyl (C=O) groups is 2. The highest BCUT2D eigenvalue weighted by atomic mass is 32.5. The lowest BCUT2D eigenvalue weighted by Crippen LogP contribution is -2.39. The molecule has 0 spiro atoms. The number of phosphoric ester groups is 1. The number of unbranched alkanes of at least 4 members (excludes halogenated alkanes) is 2. The SMILES string of the molecule is NCCCCCC(=O)N1C[C@H](OP(=O)([O-])OCC2C[C@@H](O)CN2C(=O)CCCS)CC1COP([O-])(=S)OCCO. The molecule has 14 nitrogen and oxygen atoms in total. The molecule has 0 aromatic carbocycles. The number of hydrogen-bond donors (Lipinski definition) is 4. The molecule has 234 valence electrons. The van der Waals surface area contributed by atoms with Crippen molar-refractivity contribution in [2.75, 3.05) is 51.8 Å². The zero-order valence-electron chi connectivity index (χ0n) is 22.4. The van der Waals surface area contributed by atoms with E-state index in [0.717, 1.165) is 12.8 Å². The fraction of sp³-hybridized carbons (Fsp3) is 0.909. The molecule has 4 N–H and O–H groups in total. The summed E-state index contributed by atoms with van der Waals surface area (Å²) in [5.41, 5.74) is 5.50. The Morgan fingerprint density at radius 1 is 0.975 bits per heavy atom. The van der Waals surface area contributed by atoms with Crippen molar-refractivity contribution < 1.29 is 52.2 Å². The Kier molecular flexibility index (Phi) is 16.0. The van der Waals surface area contributed by atoms with Gasteiger partial charge in [-0.15, -0.1) is 0 Å². The standard InChI is InChI=1S/C22H43N3O11P2S2/c23-7-3-1-2-5-21(28)25-14-20(12-18(25)16-35-38(32,40)33-9-8-26)36-37(30,31)34-15-17-11-19(27)13-24(17)22(29)6-4-10-39/h17-20,26-27,39H,1-16,23H2,(H,30,31)(H,32,40)/p-2/t17?,18?,19-,20-,38?/m1/s1. The molecule has 0 saturated carbocycles. The fourth-order valence-corrected chi connectivity index (χ4v) is 6.87. The molecule has 40 heavy (non-hydrogen) atoms. The average Bonchev–Trinajstić information content (AvgIpc) is 3.48. The van der Waals surface area contributed by atoms with E-state index in [2.05, 4.69) is 12.6 Å². The first kappa shape index (κ1) is 36.0. The number of phosphoric acid groups is 1. The van der Waals surface area contributed by atoms with Crippen LogP contribution in [0.2, 0.25) is 0 Å². The summed E-state index contributed by atoms with van der Waals surface area (Å²) < 4.78 is 33.1. The van der Waals surface area contributed by atoms with Crippen molar-refractivity contribution in [3.63, 3.8) is 0 Å². The number of hydrogen-bond acceptors (Lipinski definition) is 14. The van der Waals surface area contributed by atoms with Gasteiger partial charge in [0.2, 0.25) is 11.8 Å². The Morgan fingerprint density at radius 2 is 1.60 bits per heavy atom. The third-order valence-corrected chi connectivity index (χ3v) is 9.46. The molecule has 0 aliphatic carbocycles. The minimum Gasteiger partial charge on any atom is -0.780 e. The average molecular weight is 650 g/mol. The summed E-state index contributed by atoms with van der Waals surface area (Å²) in [6.45, 7) is -4.76. The topological polar surface area (TPSA) is 207 Å². The summed E-state index contributed by atoms with van der Waals surface area (Å²) in [4.78, 5) is 53.1. The van der Waals surface area contributed by atoms with Crippen LogP contribution in [0, 0.1) is 0 Å². The van der Waals surface area contributed by atoms with Crippen molar-refractivity contribution in [3.8, 4) is 0 Å². The quantitative estimate of drug-likeness (QED) is 0.0774. The van der Waals surface area contributed by atoms with Crippen LogP contribution >= 0.6 is 27.2 Å². The first-order valence-corrected chi connectivity index (χ1v) is 18.0. The number of nitrogens with zero attached hydrogens (tertiary/aromatic N) is 2. The third kappa shape index (κ3) is 12.6. The van der Waals surface area contributed by atoms with Crippen LogP contribution in [0.3, 0.4) is 0 Å². The van der Waals surface area contributed by atoms with Crippen molar-refractivity contribution in [2.24, 2.45) is 5.73 Å². The first-order valence-electron chi connectivity index (χ1n) is 13.3. The molecular formula is C22H41N3O11P2S2-2. The molecule has 0 aromatic heterocycles. The van der Waals surface area contributed by atoms with E-state index in [4.69, 9.17) is 40.7 Å². The predicted octanol–water partition coefficient (Wildman–Crippen LogP) is -0.741. The van der Waals surface area contributed by atoms with Gasteiger partial charge in [-0.2, -0.15) is 12.6 Å². The van der Waals surface area contributed by atoms with Crippen LogP contribution in [-0.4, -0.2) is 108 Å². The Labute approximate surface area is 245 Å². The van der Waals surface area contributed by atoms with E-state index in [0.29, 0.717) is 25.1 Å². The first-order chi connectivity index (χ1) is 18.9. The van der Waals surface area contributed by atoms with Crippen LogP contribution in [0.4, 0.5) is 0 Å². The number of carbonyl (C=O) groups excluding carboxylic acids is 2. The van der Waals surface area contributed by atoms with Gasteiger partial charge in [0.05, 0.1) is 50.7 Å². The number of aliphatic hydroxyl groups is 2. The molecule has 4 unspecified atom stereocenters. The maximum atomic E-state index is 12.9. The summed E-state index contributed by atoms with van der Waals surface area (Å²) in [5, 5.41) is 18.9. The molecule has 0 aromatic rings. The minimum atomic E-state index is -4.87. The summed E-state index contributed by atoms with van der Waals surface area (Å²) in [6.07, 6.45) is 1.53. The lowest BCUT2D eigenvalue weighted by Gasteiger charge is -2.31. The van der Waals surface area contributed by atoms with Crippen LogP contribution < -0.4 is 15.5 Å². The number of aliphatic hydroxyl groups excluding tert-OH is 2. The van der Waals surface area contributed by atoms with Gasteiger partial charge in [0.15, 0.2) is 0 Å². The molecule has 0 radical (unpaired) electrons. The van der Waals surface area contributed by atoms with E-state index >= 15 is 0 Å². The molecule has 2 heterocycles. The van der Waals surface area contributed by atoms with E-state index < -0.39 is 45.4 Å².